The van der Waals surface area contributed by atoms with Crippen LogP contribution in [0.15, 0.2) is 59.5 Å². The summed E-state index contributed by atoms with van der Waals surface area (Å²) in [6.45, 7) is 2.09. The van der Waals surface area contributed by atoms with Crippen molar-refractivity contribution in [3.8, 4) is 0 Å². The van der Waals surface area contributed by atoms with Crippen LogP contribution < -0.4 is 5.32 Å². The fraction of sp³-hybridized carbons (Fsp3) is 0.167. The van der Waals surface area contributed by atoms with Gasteiger partial charge >= 0.3 is 0 Å². The Labute approximate surface area is 136 Å². The normalized spacial score (nSPS) is 11.6. The predicted molar refractivity (Wildman–Crippen MR) is 93.0 cm³/mol. The van der Waals surface area contributed by atoms with Gasteiger partial charge in [0.25, 0.3) is 0 Å². The smallest absolute Gasteiger partial charge is 0.248 e. The van der Waals surface area contributed by atoms with Crippen molar-refractivity contribution in [2.24, 2.45) is 0 Å². The zero-order valence-corrected chi connectivity index (χ0v) is 13.9. The fourth-order valence-electron chi connectivity index (χ4n) is 2.01. The third-order valence-corrected chi connectivity index (χ3v) is 4.49. The second-order valence-corrected chi connectivity index (χ2v) is 7.23. The maximum Gasteiger partial charge on any atom is 0.248 e. The minimum absolute atomic E-state index is 0.224. The number of sulfone groups is 1. The summed E-state index contributed by atoms with van der Waals surface area (Å²) in [4.78, 5) is 12.1. The summed E-state index contributed by atoms with van der Waals surface area (Å²) >= 11 is 0. The van der Waals surface area contributed by atoms with E-state index in [1.165, 1.54) is 23.8 Å². The third-order valence-electron chi connectivity index (χ3n) is 3.37. The van der Waals surface area contributed by atoms with Gasteiger partial charge in [-0.3, -0.25) is 4.79 Å². The van der Waals surface area contributed by atoms with E-state index >= 15 is 0 Å². The predicted octanol–water partition coefficient (Wildman–Crippen LogP) is 3.30. The monoisotopic (exact) mass is 329 g/mol. The molecule has 0 spiro atoms. The second-order valence-electron chi connectivity index (χ2n) is 5.21. The molecule has 0 heterocycles. The molecule has 0 unspecified atom stereocenters. The summed E-state index contributed by atoms with van der Waals surface area (Å²) in [7, 11) is -3.23. The summed E-state index contributed by atoms with van der Waals surface area (Å²) in [5.74, 6) is -0.267. The molecule has 0 bridgehead atoms. The first-order chi connectivity index (χ1) is 10.9. The Morgan fingerprint density at radius 3 is 2.17 bits per heavy atom. The molecule has 2 aromatic carbocycles. The summed E-state index contributed by atoms with van der Waals surface area (Å²) in [6, 6.07) is 14.1. The maximum absolute atomic E-state index is 11.9. The van der Waals surface area contributed by atoms with Gasteiger partial charge in [0.2, 0.25) is 5.91 Å². The van der Waals surface area contributed by atoms with Crippen LogP contribution in [0.4, 0.5) is 5.69 Å². The number of carbonyl (C=O) groups excluding carboxylic acids is 1. The van der Waals surface area contributed by atoms with Gasteiger partial charge in [-0.2, -0.15) is 0 Å². The number of hydrogen-bond donors (Lipinski definition) is 1. The van der Waals surface area contributed by atoms with Crippen molar-refractivity contribution in [1.29, 1.82) is 0 Å². The molecule has 0 saturated carbocycles. The molecule has 120 valence electrons. The van der Waals surface area contributed by atoms with Gasteiger partial charge in [-0.15, -0.1) is 0 Å². The highest BCUT2D eigenvalue weighted by Crippen LogP contribution is 2.14. The van der Waals surface area contributed by atoms with Crippen molar-refractivity contribution in [2.75, 3.05) is 11.6 Å². The zero-order valence-electron chi connectivity index (χ0n) is 13.1. The van der Waals surface area contributed by atoms with E-state index in [1.807, 2.05) is 24.3 Å². The summed E-state index contributed by atoms with van der Waals surface area (Å²) < 4.78 is 22.7. The average molecular weight is 329 g/mol. The standard InChI is InChI=1S/C18H19NO3S/c1-3-14-4-6-15(7-5-14)8-13-18(20)19-16-9-11-17(12-10-16)23(2,21)22/h4-13H,3H2,1-2H3,(H,19,20). The first kappa shape index (κ1) is 17.0. The van der Waals surface area contributed by atoms with E-state index in [-0.39, 0.29) is 10.8 Å². The van der Waals surface area contributed by atoms with Crippen molar-refractivity contribution in [3.05, 3.63) is 65.7 Å². The minimum Gasteiger partial charge on any atom is -0.323 e. The lowest BCUT2D eigenvalue weighted by molar-refractivity contribution is -0.111. The highest BCUT2D eigenvalue weighted by atomic mass is 32.2. The fourth-order valence-corrected chi connectivity index (χ4v) is 2.64. The highest BCUT2D eigenvalue weighted by Gasteiger charge is 2.06. The van der Waals surface area contributed by atoms with Gasteiger partial charge in [0.05, 0.1) is 4.90 Å². The van der Waals surface area contributed by atoms with Crippen LogP contribution in [-0.2, 0) is 21.1 Å². The molecule has 23 heavy (non-hydrogen) atoms. The maximum atomic E-state index is 11.9. The second kappa shape index (κ2) is 7.24. The van der Waals surface area contributed by atoms with E-state index < -0.39 is 9.84 Å². The largest absolute Gasteiger partial charge is 0.323 e. The first-order valence-corrected chi connectivity index (χ1v) is 9.16. The van der Waals surface area contributed by atoms with Gasteiger partial charge in [0.15, 0.2) is 9.84 Å². The van der Waals surface area contributed by atoms with Crippen LogP contribution >= 0.6 is 0 Å². The molecule has 5 heteroatoms. The number of benzene rings is 2. The minimum atomic E-state index is -3.23. The van der Waals surface area contributed by atoms with E-state index in [0.717, 1.165) is 18.2 Å². The zero-order chi connectivity index (χ0) is 16.9. The number of carbonyl (C=O) groups is 1. The van der Waals surface area contributed by atoms with Crippen LogP contribution in [0.3, 0.4) is 0 Å². The summed E-state index contributed by atoms with van der Waals surface area (Å²) in [5, 5.41) is 2.69. The molecule has 0 atom stereocenters. The lowest BCUT2D eigenvalue weighted by atomic mass is 10.1. The van der Waals surface area contributed by atoms with Crippen LogP contribution in [0, 0.1) is 0 Å². The van der Waals surface area contributed by atoms with Crippen LogP contribution in [0.25, 0.3) is 6.08 Å². The van der Waals surface area contributed by atoms with Crippen LogP contribution in [0.2, 0.25) is 0 Å². The van der Waals surface area contributed by atoms with E-state index in [9.17, 15) is 13.2 Å². The Morgan fingerprint density at radius 2 is 1.65 bits per heavy atom. The molecule has 2 rings (SSSR count). The Kier molecular flexibility index (Phi) is 5.34. The molecule has 1 amide bonds. The van der Waals surface area contributed by atoms with Crippen LogP contribution in [0.1, 0.15) is 18.1 Å². The Balaban J connectivity index is 1.99. The van der Waals surface area contributed by atoms with E-state index in [2.05, 4.69) is 12.2 Å². The first-order valence-electron chi connectivity index (χ1n) is 7.26. The van der Waals surface area contributed by atoms with Gasteiger partial charge in [0.1, 0.15) is 0 Å². The van der Waals surface area contributed by atoms with E-state index in [4.69, 9.17) is 0 Å². The number of anilines is 1. The van der Waals surface area contributed by atoms with Crippen molar-refractivity contribution >= 4 is 27.5 Å². The number of hydrogen-bond acceptors (Lipinski definition) is 3. The number of rotatable bonds is 5. The topological polar surface area (TPSA) is 63.2 Å². The molecule has 0 aliphatic heterocycles. The average Bonchev–Trinajstić information content (AvgIpc) is 2.53. The van der Waals surface area contributed by atoms with Gasteiger partial charge in [0, 0.05) is 18.0 Å². The SMILES string of the molecule is CCc1ccc(C=CC(=O)Nc2ccc(S(C)(=O)=O)cc2)cc1. The van der Waals surface area contributed by atoms with Crippen molar-refractivity contribution < 1.29 is 13.2 Å². The third kappa shape index (κ3) is 5.07. The van der Waals surface area contributed by atoms with Gasteiger partial charge in [-0.1, -0.05) is 31.2 Å². The number of nitrogens with one attached hydrogen (secondary N) is 1. The Bertz CT molecular complexity index is 804. The Hall–Kier alpha value is -2.40. The molecular weight excluding hydrogens is 310 g/mol. The van der Waals surface area contributed by atoms with E-state index in [0.29, 0.717) is 5.69 Å². The van der Waals surface area contributed by atoms with Gasteiger partial charge < -0.3 is 5.32 Å². The summed E-state index contributed by atoms with van der Waals surface area (Å²) in [5.41, 5.74) is 2.75. The quantitative estimate of drug-likeness (QED) is 0.856. The van der Waals surface area contributed by atoms with Crippen molar-refractivity contribution in [3.63, 3.8) is 0 Å². The lowest BCUT2D eigenvalue weighted by Gasteiger charge is -2.03. The molecule has 0 fully saturated rings. The molecule has 0 saturated heterocycles. The molecule has 0 radical (unpaired) electrons. The molecular formula is C18H19NO3S. The Morgan fingerprint density at radius 1 is 1.04 bits per heavy atom. The molecule has 2 aromatic rings. The van der Waals surface area contributed by atoms with Crippen molar-refractivity contribution in [1.82, 2.24) is 0 Å². The van der Waals surface area contributed by atoms with Crippen LogP contribution in [0.5, 0.6) is 0 Å². The van der Waals surface area contributed by atoms with Gasteiger partial charge in [-0.05, 0) is 47.9 Å². The summed E-state index contributed by atoms with van der Waals surface area (Å²) in [6.07, 6.45) is 5.31. The molecule has 1 N–H and O–H groups in total. The molecule has 0 aliphatic carbocycles. The van der Waals surface area contributed by atoms with E-state index in [1.54, 1.807) is 18.2 Å². The molecule has 4 nitrogen and oxygen atoms in total. The number of amides is 1. The van der Waals surface area contributed by atoms with Gasteiger partial charge in [-0.25, -0.2) is 8.42 Å². The van der Waals surface area contributed by atoms with Crippen LogP contribution in [-0.4, -0.2) is 20.6 Å². The lowest BCUT2D eigenvalue weighted by Crippen LogP contribution is -2.08. The molecule has 0 aliphatic rings. The highest BCUT2D eigenvalue weighted by molar-refractivity contribution is 7.90. The number of aryl methyl sites for hydroxylation is 1. The molecule has 0 aromatic heterocycles. The van der Waals surface area contributed by atoms with Crippen molar-refractivity contribution in [2.45, 2.75) is 18.2 Å².